The quantitative estimate of drug-likeness (QED) is 0.840. The lowest BCUT2D eigenvalue weighted by molar-refractivity contribution is 0.458. The monoisotopic (exact) mass is 233 g/mol. The number of aromatic hydroxyl groups is 1. The highest BCUT2D eigenvalue weighted by Crippen LogP contribution is 2.35. The Kier molecular flexibility index (Phi) is 4.05. The first-order valence-electron chi connectivity index (χ1n) is 4.49. The van der Waals surface area contributed by atoms with Gasteiger partial charge in [-0.15, -0.1) is 0 Å². The lowest BCUT2D eigenvalue weighted by atomic mass is 10.0. The van der Waals surface area contributed by atoms with Crippen molar-refractivity contribution in [2.24, 2.45) is 5.73 Å². The van der Waals surface area contributed by atoms with Crippen molar-refractivity contribution < 1.29 is 5.11 Å². The van der Waals surface area contributed by atoms with Gasteiger partial charge in [-0.1, -0.05) is 36.5 Å². The van der Waals surface area contributed by atoms with Gasteiger partial charge in [-0.25, -0.2) is 0 Å². The number of phenolic OH excluding ortho intramolecular Hbond substituents is 1. The molecule has 0 spiro atoms. The fourth-order valence-corrected chi connectivity index (χ4v) is 1.84. The average Bonchev–Trinajstić information content (AvgIpc) is 2.11. The van der Waals surface area contributed by atoms with E-state index in [1.807, 2.05) is 6.92 Å². The van der Waals surface area contributed by atoms with Crippen LogP contribution in [-0.4, -0.2) is 5.11 Å². The van der Waals surface area contributed by atoms with Gasteiger partial charge >= 0.3 is 0 Å². The van der Waals surface area contributed by atoms with Crippen LogP contribution in [0.5, 0.6) is 5.75 Å². The summed E-state index contributed by atoms with van der Waals surface area (Å²) in [7, 11) is 0. The van der Waals surface area contributed by atoms with E-state index in [9.17, 15) is 5.11 Å². The van der Waals surface area contributed by atoms with Gasteiger partial charge in [0.1, 0.15) is 5.75 Å². The molecule has 1 aromatic carbocycles. The lowest BCUT2D eigenvalue weighted by Gasteiger charge is -2.13. The topological polar surface area (TPSA) is 46.2 Å². The second-order valence-electron chi connectivity index (χ2n) is 3.22. The maximum atomic E-state index is 9.65. The maximum absolute atomic E-state index is 9.65. The second kappa shape index (κ2) is 4.87. The van der Waals surface area contributed by atoms with Crippen molar-refractivity contribution in [1.82, 2.24) is 0 Å². The summed E-state index contributed by atoms with van der Waals surface area (Å²) in [6.07, 6.45) is 1.75. The molecular weight excluding hydrogens is 221 g/mol. The third kappa shape index (κ3) is 2.53. The van der Waals surface area contributed by atoms with Gasteiger partial charge in [0.2, 0.25) is 0 Å². The highest BCUT2D eigenvalue weighted by atomic mass is 35.5. The minimum atomic E-state index is -0.212. The zero-order chi connectivity index (χ0) is 10.7. The number of rotatable bonds is 3. The minimum absolute atomic E-state index is 0.0389. The first-order valence-corrected chi connectivity index (χ1v) is 5.25. The molecule has 3 N–H and O–H groups in total. The molecule has 0 unspecified atom stereocenters. The molecule has 0 aliphatic carbocycles. The van der Waals surface area contributed by atoms with E-state index in [-0.39, 0.29) is 16.8 Å². The Bertz CT molecular complexity index is 328. The van der Waals surface area contributed by atoms with E-state index >= 15 is 0 Å². The van der Waals surface area contributed by atoms with Crippen LogP contribution in [0.4, 0.5) is 0 Å². The van der Waals surface area contributed by atoms with Gasteiger partial charge in [0.25, 0.3) is 0 Å². The number of hydrogen-bond donors (Lipinski definition) is 2. The lowest BCUT2D eigenvalue weighted by Crippen LogP contribution is -2.10. The van der Waals surface area contributed by atoms with Crippen LogP contribution in [0.15, 0.2) is 12.1 Å². The normalized spacial score (nSPS) is 12.9. The SMILES string of the molecule is CCC[C@H](N)c1cc(Cl)cc(Cl)c1O. The van der Waals surface area contributed by atoms with Gasteiger partial charge in [0.05, 0.1) is 5.02 Å². The first-order chi connectivity index (χ1) is 6.56. The zero-order valence-electron chi connectivity index (χ0n) is 7.93. The van der Waals surface area contributed by atoms with Gasteiger partial charge in [-0.2, -0.15) is 0 Å². The predicted octanol–water partition coefficient (Wildman–Crippen LogP) is 3.50. The molecule has 0 saturated heterocycles. The van der Waals surface area contributed by atoms with Crippen LogP contribution in [0.2, 0.25) is 10.0 Å². The number of halogens is 2. The number of nitrogens with two attached hydrogens (primary N) is 1. The summed E-state index contributed by atoms with van der Waals surface area (Å²) in [4.78, 5) is 0. The van der Waals surface area contributed by atoms with E-state index < -0.39 is 0 Å². The van der Waals surface area contributed by atoms with Gasteiger partial charge < -0.3 is 10.8 Å². The molecular formula is C10H13Cl2NO. The Labute approximate surface area is 93.6 Å². The standard InChI is InChI=1S/C10H13Cl2NO/c1-2-3-9(13)7-4-6(11)5-8(12)10(7)14/h4-5,9,14H,2-3,13H2,1H3/t9-/m0/s1. The molecule has 0 amide bonds. The Morgan fingerprint density at radius 3 is 2.64 bits per heavy atom. The van der Waals surface area contributed by atoms with Crippen molar-refractivity contribution in [2.45, 2.75) is 25.8 Å². The summed E-state index contributed by atoms with van der Waals surface area (Å²) < 4.78 is 0. The molecule has 0 saturated carbocycles. The molecule has 0 bridgehead atoms. The summed E-state index contributed by atoms with van der Waals surface area (Å²) >= 11 is 11.6. The predicted molar refractivity (Wildman–Crippen MR) is 60.0 cm³/mol. The molecule has 0 fully saturated rings. The Balaban J connectivity index is 3.07. The van der Waals surface area contributed by atoms with Crippen LogP contribution in [0.1, 0.15) is 31.4 Å². The van der Waals surface area contributed by atoms with Crippen molar-refractivity contribution >= 4 is 23.2 Å². The van der Waals surface area contributed by atoms with Gasteiger partial charge in [-0.05, 0) is 18.6 Å². The van der Waals surface area contributed by atoms with E-state index in [4.69, 9.17) is 28.9 Å². The smallest absolute Gasteiger partial charge is 0.139 e. The largest absolute Gasteiger partial charge is 0.506 e. The fraction of sp³-hybridized carbons (Fsp3) is 0.400. The van der Waals surface area contributed by atoms with E-state index in [1.54, 1.807) is 6.07 Å². The molecule has 2 nitrogen and oxygen atoms in total. The van der Waals surface area contributed by atoms with Crippen molar-refractivity contribution in [2.75, 3.05) is 0 Å². The third-order valence-electron chi connectivity index (χ3n) is 2.06. The van der Waals surface area contributed by atoms with Gasteiger partial charge in [-0.3, -0.25) is 0 Å². The zero-order valence-corrected chi connectivity index (χ0v) is 9.44. The summed E-state index contributed by atoms with van der Waals surface area (Å²) in [6, 6.07) is 2.94. The highest BCUT2D eigenvalue weighted by molar-refractivity contribution is 6.35. The molecule has 0 heterocycles. The van der Waals surface area contributed by atoms with E-state index in [0.29, 0.717) is 10.6 Å². The van der Waals surface area contributed by atoms with E-state index in [0.717, 1.165) is 12.8 Å². The Morgan fingerprint density at radius 1 is 1.43 bits per heavy atom. The molecule has 1 rings (SSSR count). The highest BCUT2D eigenvalue weighted by Gasteiger charge is 2.13. The summed E-state index contributed by atoms with van der Waals surface area (Å²) in [6.45, 7) is 2.03. The van der Waals surface area contributed by atoms with Crippen LogP contribution in [0.25, 0.3) is 0 Å². The Hall–Kier alpha value is -0.440. The molecule has 1 atom stereocenters. The molecule has 0 aromatic heterocycles. The molecule has 1 aromatic rings. The number of hydrogen-bond acceptors (Lipinski definition) is 2. The van der Waals surface area contributed by atoms with E-state index in [1.165, 1.54) is 6.07 Å². The summed E-state index contributed by atoms with van der Waals surface area (Å²) in [5, 5.41) is 10.4. The molecule has 0 aliphatic rings. The Morgan fingerprint density at radius 2 is 2.07 bits per heavy atom. The fourth-order valence-electron chi connectivity index (χ4n) is 1.34. The van der Waals surface area contributed by atoms with Crippen molar-refractivity contribution in [3.8, 4) is 5.75 Å². The van der Waals surface area contributed by atoms with Crippen LogP contribution >= 0.6 is 23.2 Å². The maximum Gasteiger partial charge on any atom is 0.139 e. The minimum Gasteiger partial charge on any atom is -0.506 e. The second-order valence-corrected chi connectivity index (χ2v) is 4.06. The molecule has 4 heteroatoms. The molecule has 14 heavy (non-hydrogen) atoms. The summed E-state index contributed by atoms with van der Waals surface area (Å²) in [5.74, 6) is 0.0389. The van der Waals surface area contributed by atoms with Gasteiger partial charge in [0, 0.05) is 16.6 Å². The van der Waals surface area contributed by atoms with Crippen LogP contribution < -0.4 is 5.73 Å². The van der Waals surface area contributed by atoms with Crippen molar-refractivity contribution in [3.05, 3.63) is 27.7 Å². The van der Waals surface area contributed by atoms with Gasteiger partial charge in [0.15, 0.2) is 0 Å². The molecule has 0 radical (unpaired) electrons. The number of phenols is 1. The number of benzene rings is 1. The molecule has 0 aliphatic heterocycles. The van der Waals surface area contributed by atoms with Crippen molar-refractivity contribution in [3.63, 3.8) is 0 Å². The van der Waals surface area contributed by atoms with Crippen LogP contribution in [0.3, 0.4) is 0 Å². The van der Waals surface area contributed by atoms with E-state index in [2.05, 4.69) is 0 Å². The first kappa shape index (κ1) is 11.6. The van der Waals surface area contributed by atoms with Crippen LogP contribution in [0, 0.1) is 0 Å². The van der Waals surface area contributed by atoms with Crippen molar-refractivity contribution in [1.29, 1.82) is 0 Å². The van der Waals surface area contributed by atoms with Crippen LogP contribution in [-0.2, 0) is 0 Å². The third-order valence-corrected chi connectivity index (χ3v) is 2.56. The molecule has 78 valence electrons. The average molecular weight is 234 g/mol. The summed E-state index contributed by atoms with van der Waals surface area (Å²) in [5.41, 5.74) is 6.48.